The molecule has 0 aromatic heterocycles. The Labute approximate surface area is 118 Å². The first-order valence-electron chi connectivity index (χ1n) is 7.93. The lowest BCUT2D eigenvalue weighted by molar-refractivity contribution is -0.132. The maximum absolute atomic E-state index is 12.1. The van der Waals surface area contributed by atoms with Crippen LogP contribution in [0.15, 0.2) is 0 Å². The van der Waals surface area contributed by atoms with Gasteiger partial charge in [0.1, 0.15) is 0 Å². The molecule has 1 aliphatic rings. The minimum atomic E-state index is 0.300. The Kier molecular flexibility index (Phi) is 8.07. The molecule has 0 bridgehead atoms. The summed E-state index contributed by atoms with van der Waals surface area (Å²) in [6.45, 7) is 9.50. The van der Waals surface area contributed by atoms with Crippen LogP contribution in [0.2, 0.25) is 0 Å². The van der Waals surface area contributed by atoms with Gasteiger partial charge in [-0.1, -0.05) is 13.8 Å². The molecule has 0 aromatic rings. The molecular weight excluding hydrogens is 238 g/mol. The summed E-state index contributed by atoms with van der Waals surface area (Å²) in [4.78, 5) is 16.5. The number of nitrogens with zero attached hydrogens (tertiary/aromatic N) is 2. The van der Waals surface area contributed by atoms with E-state index in [0.29, 0.717) is 18.4 Å². The average molecular weight is 269 g/mol. The molecule has 1 heterocycles. The van der Waals surface area contributed by atoms with E-state index in [1.807, 2.05) is 4.90 Å². The number of hydrogen-bond acceptors (Lipinski definition) is 3. The molecule has 0 spiro atoms. The standard InChI is InChI=1S/C15H31N3O/c1-3-9-17(10-4-2)11-5-6-15(19)18-12-7-14(16)8-13-18/h14H,3-13,16H2,1-2H3. The molecule has 1 rings (SSSR count). The minimum absolute atomic E-state index is 0.300. The first kappa shape index (κ1) is 16.4. The summed E-state index contributed by atoms with van der Waals surface area (Å²) >= 11 is 0. The third-order valence-electron chi connectivity index (χ3n) is 3.84. The minimum Gasteiger partial charge on any atom is -0.343 e. The fourth-order valence-corrected chi connectivity index (χ4v) is 2.73. The molecule has 1 amide bonds. The number of piperidine rings is 1. The molecule has 0 saturated carbocycles. The van der Waals surface area contributed by atoms with Crippen molar-refractivity contribution in [3.8, 4) is 0 Å². The average Bonchev–Trinajstić information content (AvgIpc) is 2.40. The van der Waals surface area contributed by atoms with Gasteiger partial charge >= 0.3 is 0 Å². The van der Waals surface area contributed by atoms with Crippen molar-refractivity contribution in [2.24, 2.45) is 5.73 Å². The summed E-state index contributed by atoms with van der Waals surface area (Å²) in [6.07, 6.45) is 5.99. The van der Waals surface area contributed by atoms with E-state index in [1.54, 1.807) is 0 Å². The molecule has 4 heteroatoms. The monoisotopic (exact) mass is 269 g/mol. The van der Waals surface area contributed by atoms with Gasteiger partial charge in [0.15, 0.2) is 0 Å². The SMILES string of the molecule is CCCN(CCC)CCCC(=O)N1CCC(N)CC1. The summed E-state index contributed by atoms with van der Waals surface area (Å²) in [5, 5.41) is 0. The van der Waals surface area contributed by atoms with Crippen LogP contribution in [0.25, 0.3) is 0 Å². The molecule has 4 nitrogen and oxygen atoms in total. The van der Waals surface area contributed by atoms with Crippen molar-refractivity contribution in [3.63, 3.8) is 0 Å². The van der Waals surface area contributed by atoms with Crippen molar-refractivity contribution in [1.29, 1.82) is 0 Å². The summed E-state index contributed by atoms with van der Waals surface area (Å²) in [6, 6.07) is 0.300. The van der Waals surface area contributed by atoms with Gasteiger partial charge < -0.3 is 15.5 Å². The zero-order chi connectivity index (χ0) is 14.1. The zero-order valence-corrected chi connectivity index (χ0v) is 12.7. The highest BCUT2D eigenvalue weighted by Gasteiger charge is 2.20. The maximum Gasteiger partial charge on any atom is 0.222 e. The summed E-state index contributed by atoms with van der Waals surface area (Å²) in [5.41, 5.74) is 5.86. The fourth-order valence-electron chi connectivity index (χ4n) is 2.73. The highest BCUT2D eigenvalue weighted by molar-refractivity contribution is 5.76. The van der Waals surface area contributed by atoms with Crippen LogP contribution in [0.1, 0.15) is 52.4 Å². The molecule has 0 aliphatic carbocycles. The number of nitrogens with two attached hydrogens (primary N) is 1. The van der Waals surface area contributed by atoms with Gasteiger partial charge in [0.25, 0.3) is 0 Å². The third-order valence-corrected chi connectivity index (χ3v) is 3.84. The Morgan fingerprint density at radius 2 is 1.74 bits per heavy atom. The van der Waals surface area contributed by atoms with Crippen LogP contribution in [-0.2, 0) is 4.79 Å². The van der Waals surface area contributed by atoms with E-state index in [-0.39, 0.29) is 0 Å². The van der Waals surface area contributed by atoms with Gasteiger partial charge in [-0.25, -0.2) is 0 Å². The van der Waals surface area contributed by atoms with Crippen molar-refractivity contribution in [2.75, 3.05) is 32.7 Å². The normalized spacial score (nSPS) is 17.2. The van der Waals surface area contributed by atoms with Crippen LogP contribution in [0.3, 0.4) is 0 Å². The molecule has 0 atom stereocenters. The van der Waals surface area contributed by atoms with Crippen LogP contribution >= 0.6 is 0 Å². The Balaban J connectivity index is 2.18. The zero-order valence-electron chi connectivity index (χ0n) is 12.7. The number of hydrogen-bond donors (Lipinski definition) is 1. The van der Waals surface area contributed by atoms with E-state index < -0.39 is 0 Å². The van der Waals surface area contributed by atoms with E-state index in [0.717, 1.165) is 52.0 Å². The molecular formula is C15H31N3O. The number of carbonyl (C=O) groups excluding carboxylic acids is 1. The van der Waals surface area contributed by atoms with Gasteiger partial charge in [0.2, 0.25) is 5.91 Å². The predicted molar refractivity (Wildman–Crippen MR) is 80.0 cm³/mol. The molecule has 0 unspecified atom stereocenters. The number of likely N-dealkylation sites (tertiary alicyclic amines) is 1. The van der Waals surface area contributed by atoms with Crippen LogP contribution in [0, 0.1) is 0 Å². The van der Waals surface area contributed by atoms with Gasteiger partial charge in [-0.2, -0.15) is 0 Å². The van der Waals surface area contributed by atoms with Gasteiger partial charge in [-0.05, 0) is 51.7 Å². The molecule has 0 aromatic carbocycles. The summed E-state index contributed by atoms with van der Waals surface area (Å²) < 4.78 is 0. The van der Waals surface area contributed by atoms with Gasteiger partial charge in [-0.3, -0.25) is 4.79 Å². The topological polar surface area (TPSA) is 49.6 Å². The quantitative estimate of drug-likeness (QED) is 0.731. The van der Waals surface area contributed by atoms with Gasteiger partial charge in [0, 0.05) is 25.6 Å². The van der Waals surface area contributed by atoms with Crippen molar-refractivity contribution >= 4 is 5.91 Å². The van der Waals surface area contributed by atoms with E-state index in [9.17, 15) is 4.79 Å². The lowest BCUT2D eigenvalue weighted by Crippen LogP contribution is -2.43. The molecule has 1 saturated heterocycles. The molecule has 19 heavy (non-hydrogen) atoms. The molecule has 112 valence electrons. The van der Waals surface area contributed by atoms with Crippen molar-refractivity contribution in [3.05, 3.63) is 0 Å². The summed E-state index contributed by atoms with van der Waals surface area (Å²) in [5.74, 6) is 0.319. The van der Waals surface area contributed by atoms with E-state index >= 15 is 0 Å². The van der Waals surface area contributed by atoms with Gasteiger partial charge in [-0.15, -0.1) is 0 Å². The van der Waals surface area contributed by atoms with Crippen LogP contribution < -0.4 is 5.73 Å². The fraction of sp³-hybridized carbons (Fsp3) is 0.933. The van der Waals surface area contributed by atoms with E-state index in [2.05, 4.69) is 18.7 Å². The van der Waals surface area contributed by atoms with Crippen LogP contribution in [0.5, 0.6) is 0 Å². The highest BCUT2D eigenvalue weighted by atomic mass is 16.2. The number of amides is 1. The van der Waals surface area contributed by atoms with Crippen molar-refractivity contribution in [1.82, 2.24) is 9.80 Å². The second-order valence-electron chi connectivity index (χ2n) is 5.66. The Hall–Kier alpha value is -0.610. The molecule has 1 aliphatic heterocycles. The Morgan fingerprint density at radius 1 is 1.16 bits per heavy atom. The second-order valence-corrected chi connectivity index (χ2v) is 5.66. The maximum atomic E-state index is 12.1. The second kappa shape index (κ2) is 9.32. The number of rotatable bonds is 8. The first-order chi connectivity index (χ1) is 9.17. The molecule has 0 radical (unpaired) electrons. The van der Waals surface area contributed by atoms with Gasteiger partial charge in [0.05, 0.1) is 0 Å². The Morgan fingerprint density at radius 3 is 2.26 bits per heavy atom. The van der Waals surface area contributed by atoms with Crippen LogP contribution in [0.4, 0.5) is 0 Å². The number of carbonyl (C=O) groups is 1. The van der Waals surface area contributed by atoms with Crippen molar-refractivity contribution < 1.29 is 4.79 Å². The third kappa shape index (κ3) is 6.39. The Bertz CT molecular complexity index is 244. The lowest BCUT2D eigenvalue weighted by atomic mass is 10.1. The summed E-state index contributed by atoms with van der Waals surface area (Å²) in [7, 11) is 0. The van der Waals surface area contributed by atoms with Crippen molar-refractivity contribution in [2.45, 2.75) is 58.4 Å². The predicted octanol–water partition coefficient (Wildman–Crippen LogP) is 1.84. The van der Waals surface area contributed by atoms with E-state index in [1.165, 1.54) is 12.8 Å². The first-order valence-corrected chi connectivity index (χ1v) is 7.93. The lowest BCUT2D eigenvalue weighted by Gasteiger charge is -2.30. The molecule has 2 N–H and O–H groups in total. The van der Waals surface area contributed by atoms with E-state index in [4.69, 9.17) is 5.73 Å². The highest BCUT2D eigenvalue weighted by Crippen LogP contribution is 2.10. The van der Waals surface area contributed by atoms with Crippen LogP contribution in [-0.4, -0.2) is 54.5 Å². The largest absolute Gasteiger partial charge is 0.343 e. The molecule has 1 fully saturated rings. The smallest absolute Gasteiger partial charge is 0.222 e.